The lowest BCUT2D eigenvalue weighted by atomic mass is 10.1. The zero-order valence-corrected chi connectivity index (χ0v) is 9.26. The molecule has 0 aliphatic carbocycles. The van der Waals surface area contributed by atoms with Crippen LogP contribution < -0.4 is 5.73 Å². The summed E-state index contributed by atoms with van der Waals surface area (Å²) in [5, 5.41) is 6.95. The maximum Gasteiger partial charge on any atom is 0.221 e. The highest BCUT2D eigenvalue weighted by Gasteiger charge is 2.03. The van der Waals surface area contributed by atoms with Crippen LogP contribution in [0, 0.1) is 0 Å². The van der Waals surface area contributed by atoms with E-state index in [0.29, 0.717) is 0 Å². The van der Waals surface area contributed by atoms with Crippen molar-refractivity contribution in [1.29, 1.82) is 0 Å². The van der Waals surface area contributed by atoms with E-state index < -0.39 is 0 Å². The summed E-state index contributed by atoms with van der Waals surface area (Å²) in [6.45, 7) is 0. The van der Waals surface area contributed by atoms with Gasteiger partial charge in [-0.1, -0.05) is 42.5 Å². The molecule has 2 rings (SSSR count). The van der Waals surface area contributed by atoms with Crippen molar-refractivity contribution in [3.05, 3.63) is 48.2 Å². The van der Waals surface area contributed by atoms with Gasteiger partial charge in [0.1, 0.15) is 0 Å². The van der Waals surface area contributed by atoms with Crippen LogP contribution in [0.5, 0.6) is 0 Å². The topological polar surface area (TPSA) is 71.8 Å². The van der Waals surface area contributed by atoms with Crippen LogP contribution in [0.2, 0.25) is 0 Å². The maximum atomic E-state index is 10.6. The Morgan fingerprint density at radius 1 is 1.35 bits per heavy atom. The summed E-state index contributed by atoms with van der Waals surface area (Å²) >= 11 is 0. The molecule has 3 N–H and O–H groups in total. The molecule has 0 unspecified atom stereocenters. The highest BCUT2D eigenvalue weighted by atomic mass is 16.1. The first-order valence-electron chi connectivity index (χ1n) is 5.31. The van der Waals surface area contributed by atoms with Gasteiger partial charge in [0.05, 0.1) is 11.9 Å². The largest absolute Gasteiger partial charge is 0.369 e. The van der Waals surface area contributed by atoms with Crippen molar-refractivity contribution in [2.24, 2.45) is 5.73 Å². The summed E-state index contributed by atoms with van der Waals surface area (Å²) < 4.78 is 0. The normalized spacial score (nSPS) is 10.8. The van der Waals surface area contributed by atoms with Gasteiger partial charge in [0.2, 0.25) is 5.91 Å². The number of carbonyl (C=O) groups excluding carboxylic acids is 1. The number of rotatable bonds is 4. The summed E-state index contributed by atoms with van der Waals surface area (Å²) in [6.07, 6.45) is 5.54. The Balaban J connectivity index is 2.23. The van der Waals surface area contributed by atoms with Crippen molar-refractivity contribution in [1.82, 2.24) is 10.2 Å². The summed E-state index contributed by atoms with van der Waals surface area (Å²) in [5.74, 6) is -0.342. The Kier molecular flexibility index (Phi) is 3.35. The van der Waals surface area contributed by atoms with Gasteiger partial charge in [-0.15, -0.1) is 0 Å². The lowest BCUT2D eigenvalue weighted by Crippen LogP contribution is -2.07. The van der Waals surface area contributed by atoms with E-state index >= 15 is 0 Å². The predicted octanol–water partition coefficient (Wildman–Crippen LogP) is 1.97. The number of aromatic nitrogens is 2. The summed E-state index contributed by atoms with van der Waals surface area (Å²) in [4.78, 5) is 10.6. The zero-order valence-electron chi connectivity index (χ0n) is 9.26. The van der Waals surface area contributed by atoms with Crippen LogP contribution in [0.15, 0.2) is 42.6 Å². The van der Waals surface area contributed by atoms with E-state index in [0.717, 1.165) is 16.8 Å². The average molecular weight is 227 g/mol. The third-order valence-corrected chi connectivity index (χ3v) is 2.35. The fraction of sp³-hybridized carbons (Fsp3) is 0.0769. The van der Waals surface area contributed by atoms with Gasteiger partial charge in [-0.25, -0.2) is 0 Å². The van der Waals surface area contributed by atoms with E-state index in [4.69, 9.17) is 5.73 Å². The van der Waals surface area contributed by atoms with E-state index in [-0.39, 0.29) is 12.3 Å². The van der Waals surface area contributed by atoms with Gasteiger partial charge in [-0.3, -0.25) is 9.89 Å². The molecule has 0 aliphatic rings. The maximum absolute atomic E-state index is 10.6. The molecule has 0 spiro atoms. The molecule has 0 radical (unpaired) electrons. The molecule has 0 aliphatic heterocycles. The average Bonchev–Trinajstić information content (AvgIpc) is 2.78. The number of aromatic amines is 1. The van der Waals surface area contributed by atoms with Crippen molar-refractivity contribution in [2.45, 2.75) is 6.42 Å². The Morgan fingerprint density at radius 2 is 2.12 bits per heavy atom. The van der Waals surface area contributed by atoms with Crippen molar-refractivity contribution in [2.75, 3.05) is 0 Å². The molecule has 4 nitrogen and oxygen atoms in total. The molecule has 0 saturated heterocycles. The van der Waals surface area contributed by atoms with E-state index in [9.17, 15) is 4.79 Å². The number of nitrogens with one attached hydrogen (secondary N) is 1. The zero-order chi connectivity index (χ0) is 12.1. The van der Waals surface area contributed by atoms with Crippen molar-refractivity contribution in [3.63, 3.8) is 0 Å². The minimum Gasteiger partial charge on any atom is -0.369 e. The number of nitrogens with zero attached hydrogens (tertiary/aromatic N) is 1. The molecule has 86 valence electrons. The van der Waals surface area contributed by atoms with Gasteiger partial charge in [0, 0.05) is 17.5 Å². The molecule has 0 bridgehead atoms. The Bertz CT molecular complexity index is 529. The molecule has 2 aromatic rings. The second-order valence-corrected chi connectivity index (χ2v) is 3.64. The van der Waals surface area contributed by atoms with Crippen LogP contribution >= 0.6 is 0 Å². The van der Waals surface area contributed by atoms with E-state index in [1.165, 1.54) is 0 Å². The number of nitrogens with two attached hydrogens (primary N) is 1. The molecular formula is C13H13N3O. The van der Waals surface area contributed by atoms with Crippen molar-refractivity contribution in [3.8, 4) is 11.3 Å². The molecule has 1 aromatic carbocycles. The Morgan fingerprint density at radius 3 is 2.82 bits per heavy atom. The SMILES string of the molecule is NC(=O)CC=Cc1cn[nH]c1-c1ccccc1. The van der Waals surface area contributed by atoms with Crippen molar-refractivity contribution >= 4 is 12.0 Å². The summed E-state index contributed by atoms with van der Waals surface area (Å²) in [6, 6.07) is 9.89. The highest BCUT2D eigenvalue weighted by molar-refractivity contribution is 5.78. The highest BCUT2D eigenvalue weighted by Crippen LogP contribution is 2.21. The smallest absolute Gasteiger partial charge is 0.221 e. The Labute approximate surface area is 99.2 Å². The van der Waals surface area contributed by atoms with Crippen LogP contribution in [0.4, 0.5) is 0 Å². The number of benzene rings is 1. The lowest BCUT2D eigenvalue weighted by Gasteiger charge is -1.98. The van der Waals surface area contributed by atoms with Gasteiger partial charge < -0.3 is 5.73 Å². The molecule has 0 saturated carbocycles. The molecule has 4 heteroatoms. The third-order valence-electron chi connectivity index (χ3n) is 2.35. The minimum atomic E-state index is -0.342. The summed E-state index contributed by atoms with van der Waals surface area (Å²) in [5.41, 5.74) is 8.00. The van der Waals surface area contributed by atoms with Gasteiger partial charge in [0.25, 0.3) is 0 Å². The van der Waals surface area contributed by atoms with Gasteiger partial charge in [-0.05, 0) is 0 Å². The van der Waals surface area contributed by atoms with Crippen LogP contribution in [0.3, 0.4) is 0 Å². The molecule has 0 fully saturated rings. The number of H-pyrrole nitrogens is 1. The quantitative estimate of drug-likeness (QED) is 0.838. The monoisotopic (exact) mass is 227 g/mol. The molecule has 0 atom stereocenters. The van der Waals surface area contributed by atoms with Crippen LogP contribution in [-0.2, 0) is 4.79 Å². The standard InChI is InChI=1S/C13H13N3O/c14-12(17)8-4-7-11-9-15-16-13(11)10-5-2-1-3-6-10/h1-7,9H,8H2,(H2,14,17)(H,15,16). The Hall–Kier alpha value is -2.36. The fourth-order valence-corrected chi connectivity index (χ4v) is 1.56. The number of carbonyl (C=O) groups is 1. The molecule has 1 amide bonds. The molecule has 1 heterocycles. The van der Waals surface area contributed by atoms with Crippen LogP contribution in [0.25, 0.3) is 17.3 Å². The second-order valence-electron chi connectivity index (χ2n) is 3.64. The van der Waals surface area contributed by atoms with Crippen LogP contribution in [0.1, 0.15) is 12.0 Å². The van der Waals surface area contributed by atoms with E-state index in [1.807, 2.05) is 36.4 Å². The molecule has 1 aromatic heterocycles. The lowest BCUT2D eigenvalue weighted by molar-refractivity contribution is -0.117. The van der Waals surface area contributed by atoms with E-state index in [1.54, 1.807) is 12.3 Å². The number of hydrogen-bond acceptors (Lipinski definition) is 2. The minimum absolute atomic E-state index is 0.236. The van der Waals surface area contributed by atoms with Crippen LogP contribution in [-0.4, -0.2) is 16.1 Å². The van der Waals surface area contributed by atoms with Gasteiger partial charge in [0.15, 0.2) is 0 Å². The molecular weight excluding hydrogens is 214 g/mol. The van der Waals surface area contributed by atoms with Crippen molar-refractivity contribution < 1.29 is 4.79 Å². The van der Waals surface area contributed by atoms with Gasteiger partial charge in [-0.2, -0.15) is 5.10 Å². The summed E-state index contributed by atoms with van der Waals surface area (Å²) in [7, 11) is 0. The number of amides is 1. The predicted molar refractivity (Wildman–Crippen MR) is 66.9 cm³/mol. The second kappa shape index (κ2) is 5.12. The van der Waals surface area contributed by atoms with E-state index in [2.05, 4.69) is 10.2 Å². The first kappa shape index (κ1) is 11.1. The van der Waals surface area contributed by atoms with Gasteiger partial charge >= 0.3 is 0 Å². The number of hydrogen-bond donors (Lipinski definition) is 2. The number of primary amides is 1. The molecule has 17 heavy (non-hydrogen) atoms. The third kappa shape index (κ3) is 2.81. The first-order valence-corrected chi connectivity index (χ1v) is 5.31. The first-order chi connectivity index (χ1) is 8.27. The fourth-order valence-electron chi connectivity index (χ4n) is 1.56.